The number of nitrogens with zero attached hydrogens (tertiary/aromatic N) is 1. The maximum Gasteiger partial charge on any atom is 0.222 e. The molecule has 0 aromatic heterocycles. The van der Waals surface area contributed by atoms with Crippen LogP contribution in [0.2, 0.25) is 0 Å². The maximum absolute atomic E-state index is 13.2. The minimum atomic E-state index is -0.557. The summed E-state index contributed by atoms with van der Waals surface area (Å²) in [6, 6.07) is 0. The minimum Gasteiger partial charge on any atom is -0.396 e. The Morgan fingerprint density at radius 2 is 1.64 bits per heavy atom. The molecule has 0 spiro atoms. The average molecular weight is 398 g/mol. The van der Waals surface area contributed by atoms with Crippen LogP contribution in [0.4, 0.5) is 0 Å². The number of aliphatic hydroxyl groups is 3. The van der Waals surface area contributed by atoms with Crippen molar-refractivity contribution in [3.05, 3.63) is 0 Å². The number of hydrogen-bond donors (Lipinski definition) is 3. The van der Waals surface area contributed by atoms with Crippen LogP contribution in [0.1, 0.15) is 85.5 Å². The number of carbonyl (C=O) groups excluding carboxylic acids is 1. The summed E-state index contributed by atoms with van der Waals surface area (Å²) in [7, 11) is 0. The zero-order chi connectivity index (χ0) is 20.9. The fraction of sp³-hybridized carbons (Fsp3) is 0.957. The van der Waals surface area contributed by atoms with Crippen molar-refractivity contribution >= 4 is 5.91 Å². The van der Waals surface area contributed by atoms with Crippen molar-refractivity contribution in [2.75, 3.05) is 19.7 Å². The van der Waals surface area contributed by atoms with Crippen LogP contribution in [0.3, 0.4) is 0 Å². The first kappa shape index (κ1) is 23.6. The molecule has 0 bridgehead atoms. The molecule has 0 radical (unpaired) electrons. The number of hydrogen-bond acceptors (Lipinski definition) is 4. The average Bonchev–Trinajstić information content (AvgIpc) is 2.68. The smallest absolute Gasteiger partial charge is 0.222 e. The topological polar surface area (TPSA) is 81.0 Å². The van der Waals surface area contributed by atoms with Gasteiger partial charge in [0.2, 0.25) is 5.91 Å². The molecule has 2 saturated carbocycles. The molecular weight excluding hydrogens is 354 g/mol. The van der Waals surface area contributed by atoms with Crippen molar-refractivity contribution in [1.29, 1.82) is 0 Å². The molecular formula is C23H43NO4. The fourth-order valence-corrected chi connectivity index (χ4v) is 5.98. The van der Waals surface area contributed by atoms with Crippen LogP contribution in [0, 0.1) is 22.7 Å². The lowest BCUT2D eigenvalue weighted by atomic mass is 9.46. The Labute approximate surface area is 171 Å². The lowest BCUT2D eigenvalue weighted by Crippen LogP contribution is -2.60. The van der Waals surface area contributed by atoms with Gasteiger partial charge >= 0.3 is 0 Å². The standard InChI is InChI=1S/C23H43NO4/c1-5-7-13-24(14-8-6-2)21(28)15-17-18(26)9-10-19-22(17,3)12-11-20(27)23(19,4)16-25/h17-20,25-27H,5-16H2,1-4H3. The van der Waals surface area contributed by atoms with Gasteiger partial charge in [0, 0.05) is 24.9 Å². The molecule has 6 unspecified atom stereocenters. The molecule has 3 N–H and O–H groups in total. The second-order valence-electron chi connectivity index (χ2n) is 9.82. The molecule has 1 amide bonds. The lowest BCUT2D eigenvalue weighted by Gasteiger charge is -2.60. The predicted octanol–water partition coefficient (Wildman–Crippen LogP) is 3.35. The molecule has 2 fully saturated rings. The van der Waals surface area contributed by atoms with E-state index < -0.39 is 17.6 Å². The van der Waals surface area contributed by atoms with Crippen LogP contribution >= 0.6 is 0 Å². The molecule has 2 aliphatic carbocycles. The molecule has 2 aliphatic rings. The van der Waals surface area contributed by atoms with Gasteiger partial charge in [-0.15, -0.1) is 0 Å². The normalized spacial score (nSPS) is 38.1. The van der Waals surface area contributed by atoms with Crippen molar-refractivity contribution in [2.24, 2.45) is 22.7 Å². The van der Waals surface area contributed by atoms with Gasteiger partial charge < -0.3 is 20.2 Å². The van der Waals surface area contributed by atoms with E-state index in [1.165, 1.54) is 0 Å². The van der Waals surface area contributed by atoms with E-state index in [9.17, 15) is 20.1 Å². The van der Waals surface area contributed by atoms with Crippen molar-refractivity contribution in [1.82, 2.24) is 4.90 Å². The SMILES string of the molecule is CCCCN(CCCC)C(=O)CC1C(O)CCC2C(C)(CO)C(O)CCC12C. The van der Waals surface area contributed by atoms with Crippen molar-refractivity contribution in [2.45, 2.75) is 97.7 Å². The Balaban J connectivity index is 2.21. The summed E-state index contributed by atoms with van der Waals surface area (Å²) in [6.45, 7) is 9.98. The van der Waals surface area contributed by atoms with E-state index in [0.717, 1.165) is 51.6 Å². The van der Waals surface area contributed by atoms with E-state index in [0.29, 0.717) is 19.3 Å². The van der Waals surface area contributed by atoms with E-state index in [-0.39, 0.29) is 29.8 Å². The maximum atomic E-state index is 13.2. The first-order valence-electron chi connectivity index (χ1n) is 11.5. The number of rotatable bonds is 9. The predicted molar refractivity (Wildman–Crippen MR) is 112 cm³/mol. The highest BCUT2D eigenvalue weighted by atomic mass is 16.3. The number of unbranched alkanes of at least 4 members (excludes halogenated alkanes) is 2. The van der Waals surface area contributed by atoms with Crippen LogP contribution in [-0.4, -0.2) is 58.0 Å². The van der Waals surface area contributed by atoms with Gasteiger partial charge in [0.05, 0.1) is 18.8 Å². The Kier molecular flexibility index (Phi) is 8.36. The third-order valence-corrected chi connectivity index (χ3v) is 8.02. The Hall–Kier alpha value is -0.650. The molecule has 28 heavy (non-hydrogen) atoms. The van der Waals surface area contributed by atoms with Crippen LogP contribution in [0.5, 0.6) is 0 Å². The van der Waals surface area contributed by atoms with E-state index in [4.69, 9.17) is 0 Å². The Morgan fingerprint density at radius 1 is 1.04 bits per heavy atom. The second-order valence-corrected chi connectivity index (χ2v) is 9.82. The van der Waals surface area contributed by atoms with Gasteiger partial charge in [0.1, 0.15) is 0 Å². The number of carbonyl (C=O) groups is 1. The monoisotopic (exact) mass is 397 g/mol. The lowest BCUT2D eigenvalue weighted by molar-refractivity contribution is -0.187. The quantitative estimate of drug-likeness (QED) is 0.557. The van der Waals surface area contributed by atoms with Crippen molar-refractivity contribution in [3.63, 3.8) is 0 Å². The Bertz CT molecular complexity index is 505. The molecule has 2 rings (SSSR count). The van der Waals surface area contributed by atoms with E-state index in [1.54, 1.807) is 0 Å². The van der Waals surface area contributed by atoms with Crippen molar-refractivity contribution in [3.8, 4) is 0 Å². The summed E-state index contributed by atoms with van der Waals surface area (Å²) in [5.74, 6) is 0.169. The molecule has 0 saturated heterocycles. The van der Waals surface area contributed by atoms with Gasteiger partial charge in [0.25, 0.3) is 0 Å². The molecule has 0 aromatic rings. The zero-order valence-corrected chi connectivity index (χ0v) is 18.5. The Morgan fingerprint density at radius 3 is 2.18 bits per heavy atom. The van der Waals surface area contributed by atoms with Crippen LogP contribution in [-0.2, 0) is 4.79 Å². The van der Waals surface area contributed by atoms with Crippen LogP contribution < -0.4 is 0 Å². The zero-order valence-electron chi connectivity index (χ0n) is 18.5. The highest BCUT2D eigenvalue weighted by Gasteiger charge is 2.59. The van der Waals surface area contributed by atoms with Gasteiger partial charge in [-0.2, -0.15) is 0 Å². The van der Waals surface area contributed by atoms with Crippen molar-refractivity contribution < 1.29 is 20.1 Å². The van der Waals surface area contributed by atoms with Gasteiger partial charge in [-0.05, 0) is 55.8 Å². The third kappa shape index (κ3) is 4.57. The molecule has 0 aromatic carbocycles. The molecule has 0 heterocycles. The molecule has 5 nitrogen and oxygen atoms in total. The minimum absolute atomic E-state index is 0.0513. The summed E-state index contributed by atoms with van der Waals surface area (Å²) in [6.07, 6.45) is 6.38. The van der Waals surface area contributed by atoms with E-state index in [1.807, 2.05) is 11.8 Å². The summed E-state index contributed by atoms with van der Waals surface area (Å²) < 4.78 is 0. The number of fused-ring (bicyclic) bond motifs is 1. The largest absolute Gasteiger partial charge is 0.396 e. The first-order chi connectivity index (χ1) is 13.2. The van der Waals surface area contributed by atoms with E-state index in [2.05, 4.69) is 20.8 Å². The molecule has 5 heteroatoms. The van der Waals surface area contributed by atoms with Gasteiger partial charge in [-0.1, -0.05) is 40.5 Å². The van der Waals surface area contributed by atoms with Crippen LogP contribution in [0.25, 0.3) is 0 Å². The number of amides is 1. The van der Waals surface area contributed by atoms with Gasteiger partial charge in [-0.3, -0.25) is 4.79 Å². The summed E-state index contributed by atoms with van der Waals surface area (Å²) in [5, 5.41) is 31.6. The first-order valence-corrected chi connectivity index (χ1v) is 11.5. The van der Waals surface area contributed by atoms with Crippen LogP contribution in [0.15, 0.2) is 0 Å². The third-order valence-electron chi connectivity index (χ3n) is 8.02. The second kappa shape index (κ2) is 9.90. The van der Waals surface area contributed by atoms with Gasteiger partial charge in [0.15, 0.2) is 0 Å². The summed E-state index contributed by atoms with van der Waals surface area (Å²) >= 11 is 0. The highest BCUT2D eigenvalue weighted by molar-refractivity contribution is 5.76. The van der Waals surface area contributed by atoms with E-state index >= 15 is 0 Å². The molecule has 0 aliphatic heterocycles. The fourth-order valence-electron chi connectivity index (χ4n) is 5.98. The molecule has 6 atom stereocenters. The highest BCUT2D eigenvalue weighted by Crippen LogP contribution is 2.60. The summed E-state index contributed by atoms with van der Waals surface area (Å²) in [4.78, 5) is 15.2. The number of aliphatic hydroxyl groups excluding tert-OH is 3. The van der Waals surface area contributed by atoms with Gasteiger partial charge in [-0.25, -0.2) is 0 Å². The summed E-state index contributed by atoms with van der Waals surface area (Å²) in [5.41, 5.74) is -0.788. The molecule has 164 valence electrons.